The van der Waals surface area contributed by atoms with Crippen molar-refractivity contribution in [3.63, 3.8) is 0 Å². The average Bonchev–Trinajstić information content (AvgIpc) is 3.07. The van der Waals surface area contributed by atoms with Gasteiger partial charge >= 0.3 is 0 Å². The lowest BCUT2D eigenvalue weighted by Gasteiger charge is -2.16. The molecule has 0 saturated carbocycles. The standard InChI is InChI=1S/C17H26N2O4S/c1-14(9-10-15-6-5-13-23-15)19-17(20)11-12-18-24(21,22)16-7-3-2-4-8-16/h2-4,7-8,14-15,18H,5-6,9-13H2,1H3,(H,19,20). The van der Waals surface area contributed by atoms with Crippen LogP contribution in [0.15, 0.2) is 35.2 Å². The monoisotopic (exact) mass is 354 g/mol. The van der Waals surface area contributed by atoms with Crippen molar-refractivity contribution in [1.82, 2.24) is 10.0 Å². The summed E-state index contributed by atoms with van der Waals surface area (Å²) in [6.45, 7) is 2.88. The number of benzene rings is 1. The van der Waals surface area contributed by atoms with Crippen LogP contribution in [0.5, 0.6) is 0 Å². The number of sulfonamides is 1. The van der Waals surface area contributed by atoms with Crippen LogP contribution in [0.2, 0.25) is 0 Å². The summed E-state index contributed by atoms with van der Waals surface area (Å²) in [6.07, 6.45) is 4.47. The number of nitrogens with one attached hydrogen (secondary N) is 2. The number of rotatable bonds is 9. The summed E-state index contributed by atoms with van der Waals surface area (Å²) in [4.78, 5) is 12.1. The van der Waals surface area contributed by atoms with E-state index in [1.165, 1.54) is 12.1 Å². The van der Waals surface area contributed by atoms with Crippen LogP contribution in [0, 0.1) is 0 Å². The molecule has 1 aliphatic rings. The molecule has 1 heterocycles. The summed E-state index contributed by atoms with van der Waals surface area (Å²) in [5.74, 6) is -0.148. The number of hydrogen-bond donors (Lipinski definition) is 2. The Morgan fingerprint density at radius 3 is 2.75 bits per heavy atom. The Balaban J connectivity index is 1.65. The van der Waals surface area contributed by atoms with Crippen molar-refractivity contribution in [2.75, 3.05) is 13.2 Å². The van der Waals surface area contributed by atoms with E-state index in [0.29, 0.717) is 6.10 Å². The van der Waals surface area contributed by atoms with Crippen LogP contribution in [-0.2, 0) is 19.6 Å². The second-order valence-corrected chi connectivity index (χ2v) is 7.91. The molecule has 2 unspecified atom stereocenters. The highest BCUT2D eigenvalue weighted by molar-refractivity contribution is 7.89. The third-order valence-electron chi connectivity index (χ3n) is 4.05. The first-order chi connectivity index (χ1) is 11.5. The van der Waals surface area contributed by atoms with Gasteiger partial charge in [-0.1, -0.05) is 18.2 Å². The zero-order chi connectivity index (χ0) is 17.4. The Bertz CT molecular complexity index is 613. The lowest BCUT2D eigenvalue weighted by molar-refractivity contribution is -0.121. The summed E-state index contributed by atoms with van der Waals surface area (Å²) in [7, 11) is -3.55. The molecule has 134 valence electrons. The summed E-state index contributed by atoms with van der Waals surface area (Å²) < 4.78 is 32.1. The fourth-order valence-corrected chi connectivity index (χ4v) is 3.76. The molecule has 0 aliphatic carbocycles. The van der Waals surface area contributed by atoms with Gasteiger partial charge in [0.15, 0.2) is 0 Å². The molecule has 2 rings (SSSR count). The zero-order valence-electron chi connectivity index (χ0n) is 14.0. The van der Waals surface area contributed by atoms with E-state index >= 15 is 0 Å². The molecule has 24 heavy (non-hydrogen) atoms. The SMILES string of the molecule is CC(CCC1CCCO1)NC(=O)CCNS(=O)(=O)c1ccccc1. The van der Waals surface area contributed by atoms with Gasteiger partial charge in [-0.05, 0) is 44.7 Å². The second-order valence-electron chi connectivity index (χ2n) is 6.14. The third kappa shape index (κ3) is 6.22. The van der Waals surface area contributed by atoms with E-state index in [1.807, 2.05) is 6.92 Å². The first-order valence-corrected chi connectivity index (χ1v) is 9.91. The zero-order valence-corrected chi connectivity index (χ0v) is 14.8. The van der Waals surface area contributed by atoms with Crippen LogP contribution in [0.1, 0.15) is 39.0 Å². The minimum absolute atomic E-state index is 0.0624. The van der Waals surface area contributed by atoms with Crippen LogP contribution >= 0.6 is 0 Å². The molecule has 0 aromatic heterocycles. The molecule has 0 radical (unpaired) electrons. The lowest BCUT2D eigenvalue weighted by Crippen LogP contribution is -2.36. The van der Waals surface area contributed by atoms with Crippen LogP contribution in [0.4, 0.5) is 0 Å². The molecular formula is C17H26N2O4S. The third-order valence-corrected chi connectivity index (χ3v) is 5.53. The van der Waals surface area contributed by atoms with E-state index in [0.717, 1.165) is 32.3 Å². The Labute approximate surface area is 144 Å². The molecule has 1 aromatic rings. The van der Waals surface area contributed by atoms with E-state index in [9.17, 15) is 13.2 Å². The van der Waals surface area contributed by atoms with Crippen molar-refractivity contribution < 1.29 is 17.9 Å². The summed E-state index contributed by atoms with van der Waals surface area (Å²) in [6, 6.07) is 8.19. The maximum atomic E-state index is 12.0. The number of carbonyl (C=O) groups is 1. The maximum Gasteiger partial charge on any atom is 0.240 e. The summed E-state index contributed by atoms with van der Waals surface area (Å²) in [5.41, 5.74) is 0. The lowest BCUT2D eigenvalue weighted by atomic mass is 10.1. The first-order valence-electron chi connectivity index (χ1n) is 8.43. The van der Waals surface area contributed by atoms with Gasteiger partial charge in [-0.25, -0.2) is 13.1 Å². The quantitative estimate of drug-likeness (QED) is 0.708. The van der Waals surface area contributed by atoms with Crippen molar-refractivity contribution in [3.8, 4) is 0 Å². The van der Waals surface area contributed by atoms with E-state index in [1.54, 1.807) is 18.2 Å². The Kier molecular flexibility index (Phi) is 7.20. The molecule has 2 atom stereocenters. The smallest absolute Gasteiger partial charge is 0.240 e. The van der Waals surface area contributed by atoms with E-state index in [2.05, 4.69) is 10.0 Å². The predicted molar refractivity (Wildman–Crippen MR) is 92.1 cm³/mol. The largest absolute Gasteiger partial charge is 0.378 e. The van der Waals surface area contributed by atoms with Gasteiger partial charge in [0, 0.05) is 25.6 Å². The summed E-state index contributed by atoms with van der Waals surface area (Å²) in [5, 5.41) is 2.90. The molecule has 7 heteroatoms. The minimum atomic E-state index is -3.55. The first kappa shape index (κ1) is 18.9. The van der Waals surface area contributed by atoms with Gasteiger partial charge in [-0.15, -0.1) is 0 Å². The van der Waals surface area contributed by atoms with Crippen molar-refractivity contribution in [1.29, 1.82) is 0 Å². The van der Waals surface area contributed by atoms with Gasteiger partial charge in [0.25, 0.3) is 0 Å². The Morgan fingerprint density at radius 1 is 1.33 bits per heavy atom. The van der Waals surface area contributed by atoms with Crippen LogP contribution in [-0.4, -0.2) is 39.6 Å². The predicted octanol–water partition coefficient (Wildman–Crippen LogP) is 1.82. The molecule has 2 N–H and O–H groups in total. The van der Waals surface area contributed by atoms with Gasteiger partial charge in [0.2, 0.25) is 15.9 Å². The highest BCUT2D eigenvalue weighted by Gasteiger charge is 2.17. The number of ether oxygens (including phenoxy) is 1. The van der Waals surface area contributed by atoms with Gasteiger partial charge < -0.3 is 10.1 Å². The van der Waals surface area contributed by atoms with E-state index in [-0.39, 0.29) is 29.8 Å². The molecule has 0 bridgehead atoms. The Morgan fingerprint density at radius 2 is 2.08 bits per heavy atom. The highest BCUT2D eigenvalue weighted by Crippen LogP contribution is 2.17. The minimum Gasteiger partial charge on any atom is -0.378 e. The fraction of sp³-hybridized carbons (Fsp3) is 0.588. The van der Waals surface area contributed by atoms with Crippen LogP contribution < -0.4 is 10.0 Å². The topological polar surface area (TPSA) is 84.5 Å². The van der Waals surface area contributed by atoms with Crippen LogP contribution in [0.25, 0.3) is 0 Å². The molecule has 1 aromatic carbocycles. The molecule has 1 aliphatic heterocycles. The van der Waals surface area contributed by atoms with Crippen molar-refractivity contribution in [2.24, 2.45) is 0 Å². The number of hydrogen-bond acceptors (Lipinski definition) is 4. The fourth-order valence-electron chi connectivity index (χ4n) is 2.71. The molecule has 0 spiro atoms. The van der Waals surface area contributed by atoms with Crippen LogP contribution in [0.3, 0.4) is 0 Å². The van der Waals surface area contributed by atoms with E-state index in [4.69, 9.17) is 4.74 Å². The van der Waals surface area contributed by atoms with Gasteiger partial charge in [-0.2, -0.15) is 0 Å². The molecular weight excluding hydrogens is 328 g/mol. The second kappa shape index (κ2) is 9.15. The van der Waals surface area contributed by atoms with Crippen molar-refractivity contribution >= 4 is 15.9 Å². The van der Waals surface area contributed by atoms with Crippen molar-refractivity contribution in [2.45, 2.75) is 56.1 Å². The van der Waals surface area contributed by atoms with E-state index < -0.39 is 10.0 Å². The number of carbonyl (C=O) groups excluding carboxylic acids is 1. The normalized spacial score (nSPS) is 19.1. The van der Waals surface area contributed by atoms with Gasteiger partial charge in [0.1, 0.15) is 0 Å². The average molecular weight is 354 g/mol. The highest BCUT2D eigenvalue weighted by atomic mass is 32.2. The molecule has 6 nitrogen and oxygen atoms in total. The molecule has 1 saturated heterocycles. The van der Waals surface area contributed by atoms with Crippen molar-refractivity contribution in [3.05, 3.63) is 30.3 Å². The summed E-state index contributed by atoms with van der Waals surface area (Å²) >= 11 is 0. The van der Waals surface area contributed by atoms with Gasteiger partial charge in [-0.3, -0.25) is 4.79 Å². The van der Waals surface area contributed by atoms with Gasteiger partial charge in [0.05, 0.1) is 11.0 Å². The maximum absolute atomic E-state index is 12.0. The Hall–Kier alpha value is -1.44. The number of amides is 1. The molecule has 1 fully saturated rings. The molecule has 1 amide bonds.